The quantitative estimate of drug-likeness (QED) is 0.807. The first-order chi connectivity index (χ1) is 9.54. The van der Waals surface area contributed by atoms with E-state index in [9.17, 15) is 14.7 Å². The summed E-state index contributed by atoms with van der Waals surface area (Å²) in [5.74, 6) is -0.371. The second-order valence-electron chi connectivity index (χ2n) is 4.16. The number of nitrogens with zero attached hydrogens (tertiary/aromatic N) is 1. The Kier molecular flexibility index (Phi) is 4.09. The van der Waals surface area contributed by atoms with Crippen molar-refractivity contribution in [2.24, 2.45) is 0 Å². The van der Waals surface area contributed by atoms with Crippen LogP contribution in [0.2, 0.25) is 0 Å². The van der Waals surface area contributed by atoms with Crippen molar-refractivity contribution >= 4 is 17.7 Å². The number of hydrogen-bond acceptors (Lipinski definition) is 5. The zero-order valence-electron chi connectivity index (χ0n) is 10.9. The topological polar surface area (TPSA) is 96.3 Å². The molecular weight excluding hydrogens is 266 g/mol. The number of anilines is 1. The molecule has 1 heterocycles. The summed E-state index contributed by atoms with van der Waals surface area (Å²) >= 11 is 0. The molecular formula is C13H15NO6. The molecule has 0 saturated heterocycles. The number of aliphatic hydroxyl groups is 1. The molecule has 108 valence electrons. The SMILES string of the molecule is CCOC(=O)C(O)c1ccc2c(c1)N(C(=O)O)CCO2. The van der Waals surface area contributed by atoms with Crippen molar-refractivity contribution in [1.82, 2.24) is 0 Å². The van der Waals surface area contributed by atoms with Crippen molar-refractivity contribution < 1.29 is 29.3 Å². The third-order valence-corrected chi connectivity index (χ3v) is 2.90. The van der Waals surface area contributed by atoms with Crippen LogP contribution in [0.5, 0.6) is 5.75 Å². The van der Waals surface area contributed by atoms with Gasteiger partial charge in [-0.3, -0.25) is 4.90 Å². The standard InChI is InChI=1S/C13H15NO6/c1-2-19-12(16)11(15)8-3-4-10-9(7-8)14(13(17)18)5-6-20-10/h3-4,7,11,15H,2,5-6H2,1H3,(H,17,18). The summed E-state index contributed by atoms with van der Waals surface area (Å²) in [5.41, 5.74) is 0.573. The number of carbonyl (C=O) groups excluding carboxylic acids is 1. The number of fused-ring (bicyclic) bond motifs is 1. The molecule has 7 heteroatoms. The molecule has 7 nitrogen and oxygen atoms in total. The molecule has 1 atom stereocenters. The van der Waals surface area contributed by atoms with Gasteiger partial charge in [0.25, 0.3) is 0 Å². The Balaban J connectivity index is 2.32. The molecule has 1 aliphatic heterocycles. The Hall–Kier alpha value is -2.28. The Morgan fingerprint density at radius 3 is 2.90 bits per heavy atom. The lowest BCUT2D eigenvalue weighted by molar-refractivity contribution is -0.153. The number of amides is 1. The highest BCUT2D eigenvalue weighted by Crippen LogP contribution is 2.34. The number of esters is 1. The normalized spacial score (nSPS) is 15.0. The maximum atomic E-state index is 11.5. The van der Waals surface area contributed by atoms with E-state index in [2.05, 4.69) is 0 Å². The number of ether oxygens (including phenoxy) is 2. The Morgan fingerprint density at radius 1 is 1.50 bits per heavy atom. The van der Waals surface area contributed by atoms with Crippen LogP contribution in [0.4, 0.5) is 10.5 Å². The fourth-order valence-electron chi connectivity index (χ4n) is 1.96. The zero-order chi connectivity index (χ0) is 14.7. The summed E-state index contributed by atoms with van der Waals surface area (Å²) in [5, 5.41) is 19.0. The first-order valence-corrected chi connectivity index (χ1v) is 6.16. The van der Waals surface area contributed by atoms with Crippen LogP contribution in [-0.4, -0.2) is 42.0 Å². The molecule has 20 heavy (non-hydrogen) atoms. The molecule has 1 unspecified atom stereocenters. The smallest absolute Gasteiger partial charge is 0.412 e. The van der Waals surface area contributed by atoms with Crippen LogP contribution in [0.15, 0.2) is 18.2 Å². The highest BCUT2D eigenvalue weighted by atomic mass is 16.5. The van der Waals surface area contributed by atoms with Crippen LogP contribution in [0.1, 0.15) is 18.6 Å². The summed E-state index contributed by atoms with van der Waals surface area (Å²) in [6.45, 7) is 2.25. The van der Waals surface area contributed by atoms with E-state index < -0.39 is 18.2 Å². The van der Waals surface area contributed by atoms with Crippen molar-refractivity contribution in [1.29, 1.82) is 0 Å². The van der Waals surface area contributed by atoms with Gasteiger partial charge in [-0.2, -0.15) is 0 Å². The molecule has 2 rings (SSSR count). The fraction of sp³-hybridized carbons (Fsp3) is 0.385. The predicted molar refractivity (Wildman–Crippen MR) is 68.9 cm³/mol. The van der Waals surface area contributed by atoms with E-state index in [0.717, 1.165) is 4.90 Å². The molecule has 0 aromatic heterocycles. The highest BCUT2D eigenvalue weighted by Gasteiger charge is 2.26. The van der Waals surface area contributed by atoms with Crippen molar-refractivity contribution in [2.45, 2.75) is 13.0 Å². The third-order valence-electron chi connectivity index (χ3n) is 2.90. The fourth-order valence-corrected chi connectivity index (χ4v) is 1.96. The van der Waals surface area contributed by atoms with Crippen molar-refractivity contribution in [3.8, 4) is 5.75 Å². The maximum Gasteiger partial charge on any atom is 0.412 e. The number of hydrogen-bond donors (Lipinski definition) is 2. The van der Waals surface area contributed by atoms with E-state index in [1.807, 2.05) is 0 Å². The molecule has 0 bridgehead atoms. The molecule has 0 saturated carbocycles. The van der Waals surface area contributed by atoms with Crippen LogP contribution in [-0.2, 0) is 9.53 Å². The number of carboxylic acid groups (broad SMARTS) is 1. The Morgan fingerprint density at radius 2 is 2.25 bits per heavy atom. The van der Waals surface area contributed by atoms with Gasteiger partial charge < -0.3 is 19.7 Å². The molecule has 1 aromatic carbocycles. The molecule has 1 amide bonds. The lowest BCUT2D eigenvalue weighted by Crippen LogP contribution is -2.37. The van der Waals surface area contributed by atoms with Crippen molar-refractivity contribution in [2.75, 3.05) is 24.7 Å². The van der Waals surface area contributed by atoms with E-state index in [-0.39, 0.29) is 25.3 Å². The van der Waals surface area contributed by atoms with Crippen molar-refractivity contribution in [3.63, 3.8) is 0 Å². The molecule has 0 radical (unpaired) electrons. The average molecular weight is 281 g/mol. The van der Waals surface area contributed by atoms with Crippen LogP contribution >= 0.6 is 0 Å². The second-order valence-corrected chi connectivity index (χ2v) is 4.16. The molecule has 1 aromatic rings. The van der Waals surface area contributed by atoms with E-state index in [0.29, 0.717) is 11.4 Å². The minimum Gasteiger partial charge on any atom is -0.490 e. The third kappa shape index (κ3) is 2.67. The molecule has 0 aliphatic carbocycles. The molecule has 0 spiro atoms. The lowest BCUT2D eigenvalue weighted by atomic mass is 10.1. The summed E-state index contributed by atoms with van der Waals surface area (Å²) in [6, 6.07) is 4.46. The molecule has 1 aliphatic rings. The van der Waals surface area contributed by atoms with Crippen LogP contribution in [0.3, 0.4) is 0 Å². The van der Waals surface area contributed by atoms with Crippen LogP contribution < -0.4 is 9.64 Å². The van der Waals surface area contributed by atoms with E-state index in [4.69, 9.17) is 14.6 Å². The van der Waals surface area contributed by atoms with Gasteiger partial charge in [0, 0.05) is 0 Å². The highest BCUT2D eigenvalue weighted by molar-refractivity contribution is 5.89. The van der Waals surface area contributed by atoms with E-state index >= 15 is 0 Å². The van der Waals surface area contributed by atoms with Gasteiger partial charge in [-0.15, -0.1) is 0 Å². The van der Waals surface area contributed by atoms with Crippen molar-refractivity contribution in [3.05, 3.63) is 23.8 Å². The largest absolute Gasteiger partial charge is 0.490 e. The Bertz CT molecular complexity index is 530. The minimum atomic E-state index is -1.45. The number of aliphatic hydroxyl groups excluding tert-OH is 1. The van der Waals surface area contributed by atoms with Gasteiger partial charge in [0.05, 0.1) is 18.8 Å². The van der Waals surface area contributed by atoms with Gasteiger partial charge in [0.1, 0.15) is 12.4 Å². The lowest BCUT2D eigenvalue weighted by Gasteiger charge is -2.28. The Labute approximate surface area is 115 Å². The monoisotopic (exact) mass is 281 g/mol. The zero-order valence-corrected chi connectivity index (χ0v) is 10.9. The van der Waals surface area contributed by atoms with Gasteiger partial charge >= 0.3 is 12.1 Å². The minimum absolute atomic E-state index is 0.158. The summed E-state index contributed by atoms with van der Waals surface area (Å²) < 4.78 is 10.1. The second kappa shape index (κ2) is 5.79. The summed E-state index contributed by atoms with van der Waals surface area (Å²) in [6.07, 6.45) is -2.56. The predicted octanol–water partition coefficient (Wildman–Crippen LogP) is 1.16. The number of benzene rings is 1. The van der Waals surface area contributed by atoms with Gasteiger partial charge in [0.2, 0.25) is 0 Å². The summed E-state index contributed by atoms with van der Waals surface area (Å²) in [7, 11) is 0. The van der Waals surface area contributed by atoms with E-state index in [1.54, 1.807) is 6.92 Å². The van der Waals surface area contributed by atoms with Crippen LogP contribution in [0.25, 0.3) is 0 Å². The molecule has 0 fully saturated rings. The van der Waals surface area contributed by atoms with Gasteiger partial charge in [-0.05, 0) is 24.6 Å². The van der Waals surface area contributed by atoms with Gasteiger partial charge in [-0.1, -0.05) is 6.07 Å². The van der Waals surface area contributed by atoms with Gasteiger partial charge in [-0.25, -0.2) is 9.59 Å². The number of rotatable bonds is 3. The number of carbonyl (C=O) groups is 2. The maximum absolute atomic E-state index is 11.5. The molecule has 2 N–H and O–H groups in total. The van der Waals surface area contributed by atoms with Gasteiger partial charge in [0.15, 0.2) is 6.10 Å². The average Bonchev–Trinajstić information content (AvgIpc) is 2.45. The van der Waals surface area contributed by atoms with E-state index in [1.165, 1.54) is 18.2 Å². The summed E-state index contributed by atoms with van der Waals surface area (Å²) in [4.78, 5) is 23.8. The first-order valence-electron chi connectivity index (χ1n) is 6.16. The van der Waals surface area contributed by atoms with Crippen LogP contribution in [0, 0.1) is 0 Å². The first kappa shape index (κ1) is 14.1.